The molecule has 1 unspecified atom stereocenters. The van der Waals surface area contributed by atoms with Gasteiger partial charge in [0.2, 0.25) is 5.95 Å². The summed E-state index contributed by atoms with van der Waals surface area (Å²) in [6.07, 6.45) is 1.89. The minimum atomic E-state index is -0.967. The molecule has 0 aliphatic carbocycles. The van der Waals surface area contributed by atoms with Crippen LogP contribution in [-0.4, -0.2) is 58.2 Å². The van der Waals surface area contributed by atoms with Crippen LogP contribution in [-0.2, 0) is 11.2 Å². The second-order valence-corrected chi connectivity index (χ2v) is 6.12. The van der Waals surface area contributed by atoms with Crippen LogP contribution in [0.25, 0.3) is 0 Å². The maximum atomic E-state index is 11.8. The number of unbranched alkanes of at least 4 members (excludes halogenated alkanes) is 1. The first-order chi connectivity index (χ1) is 10.9. The molecule has 0 aromatic carbocycles. The van der Waals surface area contributed by atoms with Crippen LogP contribution < -0.4 is 10.6 Å². The van der Waals surface area contributed by atoms with E-state index >= 15 is 0 Å². The maximum Gasteiger partial charge on any atom is 0.251 e. The first kappa shape index (κ1) is 17.7. The Morgan fingerprint density at radius 2 is 2.00 bits per heavy atom. The van der Waals surface area contributed by atoms with Gasteiger partial charge in [0.1, 0.15) is 17.1 Å². The first-order valence-electron chi connectivity index (χ1n) is 7.97. The molecule has 1 fully saturated rings. The second-order valence-electron chi connectivity index (χ2n) is 5.77. The van der Waals surface area contributed by atoms with E-state index in [9.17, 15) is 9.90 Å². The third-order valence-electron chi connectivity index (χ3n) is 3.98. The fourth-order valence-corrected chi connectivity index (χ4v) is 2.96. The van der Waals surface area contributed by atoms with Crippen molar-refractivity contribution in [2.75, 3.05) is 36.8 Å². The molecule has 23 heavy (non-hydrogen) atoms. The van der Waals surface area contributed by atoms with Gasteiger partial charge in [-0.3, -0.25) is 4.79 Å². The topological polar surface area (TPSA) is 95.6 Å². The van der Waals surface area contributed by atoms with Crippen LogP contribution in [0, 0.1) is 0 Å². The zero-order chi connectivity index (χ0) is 17.0. The lowest BCUT2D eigenvalue weighted by Crippen LogP contribution is -2.51. The van der Waals surface area contributed by atoms with Gasteiger partial charge in [-0.15, -0.1) is 0 Å². The number of aromatic nitrogens is 2. The molecule has 8 heteroatoms. The molecular formula is C15H24ClN5O2. The minimum absolute atomic E-state index is 0.160. The number of aliphatic hydroxyl groups is 1. The summed E-state index contributed by atoms with van der Waals surface area (Å²) < 4.78 is 0. The number of aliphatic hydroxyl groups excluding tert-OH is 1. The van der Waals surface area contributed by atoms with Crippen LogP contribution in [0.3, 0.4) is 0 Å². The molecule has 2 heterocycles. The van der Waals surface area contributed by atoms with Gasteiger partial charge in [-0.25, -0.2) is 4.98 Å². The molecule has 1 aliphatic heterocycles. The highest BCUT2D eigenvalue weighted by Gasteiger charge is 2.26. The van der Waals surface area contributed by atoms with E-state index in [0.29, 0.717) is 31.3 Å². The number of halogens is 1. The van der Waals surface area contributed by atoms with E-state index in [4.69, 9.17) is 17.3 Å². The van der Waals surface area contributed by atoms with Crippen molar-refractivity contribution in [2.45, 2.75) is 39.2 Å². The van der Waals surface area contributed by atoms with Crippen molar-refractivity contribution in [3.63, 3.8) is 0 Å². The van der Waals surface area contributed by atoms with Crippen LogP contribution in [0.15, 0.2) is 0 Å². The monoisotopic (exact) mass is 341 g/mol. The van der Waals surface area contributed by atoms with Crippen molar-refractivity contribution in [3.05, 3.63) is 10.7 Å². The smallest absolute Gasteiger partial charge is 0.251 e. The summed E-state index contributed by atoms with van der Waals surface area (Å²) in [7, 11) is 0. The summed E-state index contributed by atoms with van der Waals surface area (Å²) in [5.41, 5.74) is 6.66. The lowest BCUT2D eigenvalue weighted by molar-refractivity contribution is -0.139. The number of nitrogens with two attached hydrogens (primary N) is 1. The van der Waals surface area contributed by atoms with Gasteiger partial charge >= 0.3 is 0 Å². The van der Waals surface area contributed by atoms with Gasteiger partial charge in [0.25, 0.3) is 5.91 Å². The van der Waals surface area contributed by atoms with Crippen molar-refractivity contribution < 1.29 is 9.90 Å². The number of rotatable bonds is 5. The molecule has 0 spiro atoms. The molecular weight excluding hydrogens is 318 g/mol. The number of carbonyl (C=O) groups is 1. The Hall–Kier alpha value is -1.60. The van der Waals surface area contributed by atoms with Crippen LogP contribution in [0.2, 0.25) is 5.15 Å². The number of nitrogens with zero attached hydrogens (tertiary/aromatic N) is 4. The van der Waals surface area contributed by atoms with Gasteiger partial charge in [0, 0.05) is 31.7 Å². The standard InChI is InChI=1S/C15H24ClN5O2/c1-3-4-5-11-12(16)18-15(17)19-13(11)20-6-8-21(9-7-20)14(23)10(2)22/h10,22H,3-9H2,1-2H3,(H2,17,18,19). The fourth-order valence-electron chi connectivity index (χ4n) is 2.69. The van der Waals surface area contributed by atoms with Gasteiger partial charge in [0.15, 0.2) is 0 Å². The Kier molecular flexibility index (Phi) is 6.01. The number of piperazine rings is 1. The third kappa shape index (κ3) is 4.23. The van der Waals surface area contributed by atoms with Crippen LogP contribution >= 0.6 is 11.6 Å². The van der Waals surface area contributed by atoms with E-state index in [0.717, 1.165) is 30.6 Å². The summed E-state index contributed by atoms with van der Waals surface area (Å²) in [6.45, 7) is 5.94. The molecule has 1 amide bonds. The van der Waals surface area contributed by atoms with Gasteiger partial charge in [-0.1, -0.05) is 24.9 Å². The highest BCUT2D eigenvalue weighted by molar-refractivity contribution is 6.30. The molecule has 128 valence electrons. The zero-order valence-electron chi connectivity index (χ0n) is 13.6. The Labute approximate surface area is 141 Å². The quantitative estimate of drug-likeness (QED) is 0.778. The van der Waals surface area contributed by atoms with Crippen LogP contribution in [0.1, 0.15) is 32.3 Å². The average Bonchev–Trinajstić information content (AvgIpc) is 2.53. The molecule has 0 bridgehead atoms. The molecule has 0 saturated carbocycles. The van der Waals surface area contributed by atoms with Crippen molar-refractivity contribution in [2.24, 2.45) is 0 Å². The summed E-state index contributed by atoms with van der Waals surface area (Å²) in [6, 6.07) is 0. The maximum absolute atomic E-state index is 11.8. The normalized spacial score (nSPS) is 16.5. The van der Waals surface area contributed by atoms with Crippen LogP contribution in [0.5, 0.6) is 0 Å². The Morgan fingerprint density at radius 3 is 2.57 bits per heavy atom. The number of carbonyl (C=O) groups excluding carboxylic acids is 1. The lowest BCUT2D eigenvalue weighted by Gasteiger charge is -2.36. The van der Waals surface area contributed by atoms with Crippen molar-refractivity contribution >= 4 is 29.3 Å². The Balaban J connectivity index is 2.15. The Bertz CT molecular complexity index is 559. The van der Waals surface area contributed by atoms with E-state index in [2.05, 4.69) is 21.8 Å². The predicted octanol–water partition coefficient (Wildman–Crippen LogP) is 1.08. The SMILES string of the molecule is CCCCc1c(Cl)nc(N)nc1N1CCN(C(=O)C(C)O)CC1. The lowest BCUT2D eigenvalue weighted by atomic mass is 10.1. The van der Waals surface area contributed by atoms with Gasteiger partial charge < -0.3 is 20.6 Å². The van der Waals surface area contributed by atoms with Gasteiger partial charge in [-0.05, 0) is 19.8 Å². The van der Waals surface area contributed by atoms with Crippen molar-refractivity contribution in [1.82, 2.24) is 14.9 Å². The highest BCUT2D eigenvalue weighted by atomic mass is 35.5. The van der Waals surface area contributed by atoms with E-state index in [-0.39, 0.29) is 11.9 Å². The van der Waals surface area contributed by atoms with Crippen LogP contribution in [0.4, 0.5) is 11.8 Å². The minimum Gasteiger partial charge on any atom is -0.384 e. The number of hydrogen-bond donors (Lipinski definition) is 2. The van der Waals surface area contributed by atoms with Gasteiger partial charge in [-0.2, -0.15) is 4.98 Å². The van der Waals surface area contributed by atoms with E-state index in [1.54, 1.807) is 4.90 Å². The summed E-state index contributed by atoms with van der Waals surface area (Å²) in [4.78, 5) is 24.0. The number of anilines is 2. The number of nitrogen functional groups attached to an aromatic ring is 1. The van der Waals surface area contributed by atoms with Crippen molar-refractivity contribution in [3.8, 4) is 0 Å². The molecule has 1 saturated heterocycles. The number of hydrogen-bond acceptors (Lipinski definition) is 6. The zero-order valence-corrected chi connectivity index (χ0v) is 14.4. The third-order valence-corrected chi connectivity index (χ3v) is 4.29. The summed E-state index contributed by atoms with van der Waals surface area (Å²) in [5, 5.41) is 9.82. The molecule has 1 aromatic rings. The molecule has 7 nitrogen and oxygen atoms in total. The molecule has 1 aliphatic rings. The highest BCUT2D eigenvalue weighted by Crippen LogP contribution is 2.28. The van der Waals surface area contributed by atoms with E-state index in [1.165, 1.54) is 6.92 Å². The molecule has 1 atom stereocenters. The summed E-state index contributed by atoms with van der Waals surface area (Å²) in [5.74, 6) is 0.684. The molecule has 0 radical (unpaired) electrons. The van der Waals surface area contributed by atoms with Crippen molar-refractivity contribution in [1.29, 1.82) is 0 Å². The average molecular weight is 342 g/mol. The van der Waals surface area contributed by atoms with E-state index in [1.807, 2.05) is 0 Å². The van der Waals surface area contributed by atoms with E-state index < -0.39 is 6.10 Å². The fraction of sp³-hybridized carbons (Fsp3) is 0.667. The number of amides is 1. The summed E-state index contributed by atoms with van der Waals surface area (Å²) >= 11 is 6.25. The molecule has 1 aromatic heterocycles. The first-order valence-corrected chi connectivity index (χ1v) is 8.35. The molecule has 3 N–H and O–H groups in total. The molecule has 2 rings (SSSR count). The van der Waals surface area contributed by atoms with Gasteiger partial charge in [0.05, 0.1) is 0 Å². The largest absolute Gasteiger partial charge is 0.384 e. The Morgan fingerprint density at radius 1 is 1.35 bits per heavy atom. The predicted molar refractivity (Wildman–Crippen MR) is 90.5 cm³/mol. The second kappa shape index (κ2) is 7.79.